The first-order chi connectivity index (χ1) is 15.0. The van der Waals surface area contributed by atoms with E-state index in [1.54, 1.807) is 0 Å². The maximum absolute atomic E-state index is 12.9. The molecule has 4 rings (SSSR count). The number of hydrogen-bond acceptors (Lipinski definition) is 6. The fourth-order valence-corrected chi connectivity index (χ4v) is 5.17. The molecule has 1 amide bonds. The van der Waals surface area contributed by atoms with Gasteiger partial charge >= 0.3 is 5.97 Å². The number of rotatable bonds is 6. The summed E-state index contributed by atoms with van der Waals surface area (Å²) in [5.74, 6) is -0.262. The van der Waals surface area contributed by atoms with Gasteiger partial charge in [0, 0.05) is 32.7 Å². The SMILES string of the molecule is CCc1nn(CCCOC(=O)C2CCC(O)CC2)c2c1C(=O)NCC1(CCOCC1)C2. The standard InChI is InChI=1S/C23H35N3O5/c1-2-18-20-19(14-23(15-24-21(20)28)8-12-30-13-9-23)26(25-18)10-3-11-31-22(29)16-4-6-17(27)7-5-16/h16-17,27H,2-15H2,1H3,(H,24,28). The van der Waals surface area contributed by atoms with Crippen LogP contribution in [0.15, 0.2) is 0 Å². The highest BCUT2D eigenvalue weighted by molar-refractivity contribution is 5.97. The number of aliphatic hydroxyl groups excluding tert-OH is 1. The number of ether oxygens (including phenoxy) is 2. The van der Waals surface area contributed by atoms with Crippen molar-refractivity contribution >= 4 is 11.9 Å². The number of nitrogens with one attached hydrogen (secondary N) is 1. The van der Waals surface area contributed by atoms with Crippen LogP contribution in [0.4, 0.5) is 0 Å². The van der Waals surface area contributed by atoms with Crippen LogP contribution < -0.4 is 5.32 Å². The molecule has 172 valence electrons. The van der Waals surface area contributed by atoms with E-state index in [1.165, 1.54) is 0 Å². The number of aromatic nitrogens is 2. The molecule has 2 fully saturated rings. The number of fused-ring (bicyclic) bond motifs is 1. The van der Waals surface area contributed by atoms with Gasteiger partial charge < -0.3 is 19.9 Å². The van der Waals surface area contributed by atoms with Crippen molar-refractivity contribution in [1.29, 1.82) is 0 Å². The van der Waals surface area contributed by atoms with Gasteiger partial charge in [0.25, 0.3) is 5.91 Å². The van der Waals surface area contributed by atoms with Crippen LogP contribution in [0.25, 0.3) is 0 Å². The lowest BCUT2D eigenvalue weighted by Crippen LogP contribution is -2.40. The third-order valence-corrected chi connectivity index (χ3v) is 7.20. The molecule has 0 bridgehead atoms. The molecule has 31 heavy (non-hydrogen) atoms. The smallest absolute Gasteiger partial charge is 0.308 e. The highest BCUT2D eigenvalue weighted by atomic mass is 16.5. The predicted molar refractivity (Wildman–Crippen MR) is 114 cm³/mol. The Morgan fingerprint density at radius 3 is 2.74 bits per heavy atom. The number of esters is 1. The van der Waals surface area contributed by atoms with Crippen molar-refractivity contribution in [3.63, 3.8) is 0 Å². The van der Waals surface area contributed by atoms with Crippen LogP contribution in [0.2, 0.25) is 0 Å². The Bertz CT molecular complexity index is 791. The van der Waals surface area contributed by atoms with Crippen molar-refractivity contribution in [2.24, 2.45) is 11.3 Å². The number of aliphatic hydroxyl groups is 1. The fourth-order valence-electron chi connectivity index (χ4n) is 5.17. The lowest BCUT2D eigenvalue weighted by atomic mass is 9.76. The van der Waals surface area contributed by atoms with Gasteiger partial charge in [0.05, 0.1) is 35.6 Å². The van der Waals surface area contributed by atoms with Gasteiger partial charge in [-0.15, -0.1) is 0 Å². The summed E-state index contributed by atoms with van der Waals surface area (Å²) in [4.78, 5) is 25.2. The average Bonchev–Trinajstić information content (AvgIpc) is 3.06. The minimum Gasteiger partial charge on any atom is -0.465 e. The first-order valence-corrected chi connectivity index (χ1v) is 11.8. The van der Waals surface area contributed by atoms with Crippen LogP contribution in [-0.4, -0.2) is 59.2 Å². The number of amides is 1. The van der Waals surface area contributed by atoms with Crippen molar-refractivity contribution < 1.29 is 24.2 Å². The van der Waals surface area contributed by atoms with Gasteiger partial charge in [-0.1, -0.05) is 6.92 Å². The van der Waals surface area contributed by atoms with E-state index >= 15 is 0 Å². The lowest BCUT2D eigenvalue weighted by Gasteiger charge is -2.36. The molecule has 1 aromatic heterocycles. The second-order valence-electron chi connectivity index (χ2n) is 9.34. The predicted octanol–water partition coefficient (Wildman–Crippen LogP) is 2.01. The maximum Gasteiger partial charge on any atom is 0.308 e. The second kappa shape index (κ2) is 9.69. The first-order valence-electron chi connectivity index (χ1n) is 11.8. The van der Waals surface area contributed by atoms with E-state index < -0.39 is 0 Å². The average molecular weight is 434 g/mol. The summed E-state index contributed by atoms with van der Waals surface area (Å²) in [6, 6.07) is 0. The Morgan fingerprint density at radius 2 is 2.03 bits per heavy atom. The minimum absolute atomic E-state index is 0.0209. The molecule has 0 unspecified atom stereocenters. The molecule has 1 aliphatic carbocycles. The summed E-state index contributed by atoms with van der Waals surface area (Å²) in [7, 11) is 0. The summed E-state index contributed by atoms with van der Waals surface area (Å²) < 4.78 is 13.1. The zero-order valence-electron chi connectivity index (χ0n) is 18.5. The van der Waals surface area contributed by atoms with E-state index in [0.717, 1.165) is 49.4 Å². The van der Waals surface area contributed by atoms with Gasteiger partial charge in [0.1, 0.15) is 0 Å². The Labute approximate surface area is 183 Å². The van der Waals surface area contributed by atoms with Crippen LogP contribution >= 0.6 is 0 Å². The number of carbonyl (C=O) groups excluding carboxylic acids is 2. The molecular formula is C23H35N3O5. The number of nitrogens with zero attached hydrogens (tertiary/aromatic N) is 2. The van der Waals surface area contributed by atoms with Crippen LogP contribution in [0.1, 0.15) is 73.6 Å². The molecule has 0 aromatic carbocycles. The molecular weight excluding hydrogens is 398 g/mol. The Morgan fingerprint density at radius 1 is 1.29 bits per heavy atom. The quantitative estimate of drug-likeness (QED) is 0.526. The van der Waals surface area contributed by atoms with E-state index in [0.29, 0.717) is 58.2 Å². The van der Waals surface area contributed by atoms with E-state index in [-0.39, 0.29) is 29.3 Å². The largest absolute Gasteiger partial charge is 0.465 e. The molecule has 1 saturated heterocycles. The molecule has 8 heteroatoms. The van der Waals surface area contributed by atoms with Gasteiger partial charge in [0.15, 0.2) is 0 Å². The molecule has 0 atom stereocenters. The number of carbonyl (C=O) groups is 2. The molecule has 0 radical (unpaired) electrons. The van der Waals surface area contributed by atoms with Gasteiger partial charge in [-0.25, -0.2) is 0 Å². The topological polar surface area (TPSA) is 103 Å². The molecule has 3 heterocycles. The molecule has 2 N–H and O–H groups in total. The third kappa shape index (κ3) is 4.95. The second-order valence-corrected chi connectivity index (χ2v) is 9.34. The van der Waals surface area contributed by atoms with Crippen molar-refractivity contribution in [1.82, 2.24) is 15.1 Å². The van der Waals surface area contributed by atoms with Crippen molar-refractivity contribution in [3.05, 3.63) is 17.0 Å². The molecule has 2 aliphatic heterocycles. The highest BCUT2D eigenvalue weighted by Crippen LogP contribution is 2.37. The first kappa shape index (κ1) is 22.3. The van der Waals surface area contributed by atoms with Gasteiger partial charge in [0.2, 0.25) is 0 Å². The maximum atomic E-state index is 12.9. The summed E-state index contributed by atoms with van der Waals surface area (Å²) in [5.41, 5.74) is 2.62. The van der Waals surface area contributed by atoms with E-state index in [9.17, 15) is 14.7 Å². The minimum atomic E-state index is -0.275. The molecule has 1 aromatic rings. The van der Waals surface area contributed by atoms with E-state index in [1.807, 2.05) is 11.6 Å². The highest BCUT2D eigenvalue weighted by Gasteiger charge is 2.39. The van der Waals surface area contributed by atoms with Crippen molar-refractivity contribution in [3.8, 4) is 0 Å². The van der Waals surface area contributed by atoms with Crippen LogP contribution in [0.3, 0.4) is 0 Å². The van der Waals surface area contributed by atoms with Crippen LogP contribution in [0.5, 0.6) is 0 Å². The molecule has 8 nitrogen and oxygen atoms in total. The van der Waals surface area contributed by atoms with Crippen molar-refractivity contribution in [2.45, 2.75) is 77.4 Å². The molecule has 1 saturated carbocycles. The third-order valence-electron chi connectivity index (χ3n) is 7.20. The van der Waals surface area contributed by atoms with E-state index in [4.69, 9.17) is 14.6 Å². The number of hydrogen-bond donors (Lipinski definition) is 2. The van der Waals surface area contributed by atoms with Gasteiger partial charge in [-0.2, -0.15) is 5.10 Å². The monoisotopic (exact) mass is 433 g/mol. The van der Waals surface area contributed by atoms with Gasteiger partial charge in [-0.3, -0.25) is 14.3 Å². The van der Waals surface area contributed by atoms with Crippen LogP contribution in [0, 0.1) is 11.3 Å². The zero-order chi connectivity index (χ0) is 21.8. The van der Waals surface area contributed by atoms with E-state index in [2.05, 4.69) is 5.32 Å². The Balaban J connectivity index is 1.40. The summed E-state index contributed by atoms with van der Waals surface area (Å²) in [6.45, 7) is 5.14. The summed E-state index contributed by atoms with van der Waals surface area (Å²) in [6.07, 6.45) is 6.55. The summed E-state index contributed by atoms with van der Waals surface area (Å²) >= 11 is 0. The van der Waals surface area contributed by atoms with Crippen LogP contribution in [-0.2, 0) is 33.7 Å². The zero-order valence-corrected chi connectivity index (χ0v) is 18.5. The van der Waals surface area contributed by atoms with Crippen molar-refractivity contribution in [2.75, 3.05) is 26.4 Å². The van der Waals surface area contributed by atoms with Gasteiger partial charge in [-0.05, 0) is 56.8 Å². The Kier molecular flexibility index (Phi) is 6.96. The fraction of sp³-hybridized carbons (Fsp3) is 0.783. The normalized spacial score (nSPS) is 25.5. The lowest BCUT2D eigenvalue weighted by molar-refractivity contribution is -0.150. The number of aryl methyl sites for hydroxylation is 2. The summed E-state index contributed by atoms with van der Waals surface area (Å²) in [5, 5.41) is 17.5. The molecule has 3 aliphatic rings. The Hall–Kier alpha value is -1.93. The molecule has 1 spiro atoms.